The van der Waals surface area contributed by atoms with Crippen LogP contribution < -0.4 is 11.2 Å². The van der Waals surface area contributed by atoms with Gasteiger partial charge in [0.25, 0.3) is 5.56 Å². The van der Waals surface area contributed by atoms with Crippen molar-refractivity contribution < 1.29 is 14.4 Å². The monoisotopic (exact) mass is 376 g/mol. The Morgan fingerprint density at radius 2 is 1.57 bits per heavy atom. The largest absolute Gasteiger partial charge is 0.501 e. The van der Waals surface area contributed by atoms with Crippen molar-refractivity contribution in [3.8, 4) is 22.7 Å². The molecule has 0 atom stereocenters. The highest BCUT2D eigenvalue weighted by atomic mass is 16.6. The van der Waals surface area contributed by atoms with Crippen molar-refractivity contribution >= 4 is 16.7 Å². The van der Waals surface area contributed by atoms with Crippen LogP contribution >= 0.6 is 0 Å². The second-order valence-corrected chi connectivity index (χ2v) is 5.95. The number of hydrogen-bond donors (Lipinski definition) is 1. The van der Waals surface area contributed by atoms with E-state index in [-0.39, 0.29) is 5.58 Å². The van der Waals surface area contributed by atoms with Gasteiger partial charge in [-0.25, -0.2) is 4.79 Å². The molecule has 0 aliphatic heterocycles. The molecular weight excluding hydrogens is 364 g/mol. The van der Waals surface area contributed by atoms with Gasteiger partial charge in [-0.1, -0.05) is 48.5 Å². The summed E-state index contributed by atoms with van der Waals surface area (Å²) in [6.07, 6.45) is 0. The molecule has 0 saturated carbocycles. The number of aromatic nitrogens is 1. The molecular formula is C20H12N2O6. The molecule has 0 aliphatic rings. The van der Waals surface area contributed by atoms with Gasteiger partial charge in [-0.2, -0.15) is 0 Å². The van der Waals surface area contributed by atoms with Crippen molar-refractivity contribution in [3.63, 3.8) is 0 Å². The summed E-state index contributed by atoms with van der Waals surface area (Å²) in [5, 5.41) is 21.0. The molecule has 2 aromatic carbocycles. The van der Waals surface area contributed by atoms with Crippen LogP contribution in [0.4, 0.5) is 5.69 Å². The lowest BCUT2D eigenvalue weighted by molar-refractivity contribution is -0.388. The second kappa shape index (κ2) is 6.51. The summed E-state index contributed by atoms with van der Waals surface area (Å²) in [6.45, 7) is 0. The molecule has 2 aromatic heterocycles. The van der Waals surface area contributed by atoms with Crippen LogP contribution in [0.25, 0.3) is 27.9 Å². The number of para-hydroxylation sites is 1. The predicted molar refractivity (Wildman–Crippen MR) is 102 cm³/mol. The normalized spacial score (nSPS) is 10.9. The number of nitrogens with zero attached hydrogens (tertiary/aromatic N) is 2. The average molecular weight is 376 g/mol. The fourth-order valence-corrected chi connectivity index (χ4v) is 3.07. The molecule has 138 valence electrons. The predicted octanol–water partition coefficient (Wildman–Crippen LogP) is 3.22. The number of benzene rings is 2. The zero-order chi connectivity index (χ0) is 19.8. The van der Waals surface area contributed by atoms with Crippen LogP contribution in [0, 0.1) is 10.1 Å². The maximum Gasteiger partial charge on any atom is 0.419 e. The molecule has 0 fully saturated rings. The molecule has 0 bridgehead atoms. The average Bonchev–Trinajstić information content (AvgIpc) is 2.68. The molecule has 0 saturated heterocycles. The molecule has 28 heavy (non-hydrogen) atoms. The first-order valence-corrected chi connectivity index (χ1v) is 8.20. The highest BCUT2D eigenvalue weighted by Gasteiger charge is 2.28. The van der Waals surface area contributed by atoms with Crippen LogP contribution in [0.2, 0.25) is 0 Å². The van der Waals surface area contributed by atoms with Gasteiger partial charge in [-0.05, 0) is 17.7 Å². The Hall–Kier alpha value is -4.20. The van der Waals surface area contributed by atoms with Crippen molar-refractivity contribution in [2.24, 2.45) is 0 Å². The minimum atomic E-state index is -1.33. The molecule has 8 heteroatoms. The number of aromatic hydroxyl groups is 1. The summed E-state index contributed by atoms with van der Waals surface area (Å²) in [7, 11) is 0. The quantitative estimate of drug-likeness (QED) is 0.433. The molecule has 0 radical (unpaired) electrons. The smallest absolute Gasteiger partial charge is 0.419 e. The molecule has 0 aliphatic carbocycles. The van der Waals surface area contributed by atoms with E-state index in [1.165, 1.54) is 10.6 Å². The Bertz CT molecular complexity index is 1320. The molecule has 1 N–H and O–H groups in total. The van der Waals surface area contributed by atoms with Gasteiger partial charge < -0.3 is 9.52 Å². The molecule has 4 rings (SSSR count). The maximum atomic E-state index is 13.2. The first kappa shape index (κ1) is 17.2. The van der Waals surface area contributed by atoms with E-state index in [0.717, 1.165) is 0 Å². The standard InChI is InChI=1S/C20H12N2O6/c23-18-16-15(28-20(25)17(18)22(26)27)11-14(12-7-3-1-4-8-12)21(19(16)24)13-9-5-2-6-10-13/h1-11,23H. The highest BCUT2D eigenvalue weighted by Crippen LogP contribution is 2.32. The molecule has 0 unspecified atom stereocenters. The van der Waals surface area contributed by atoms with E-state index in [2.05, 4.69) is 0 Å². The van der Waals surface area contributed by atoms with Gasteiger partial charge in [0.2, 0.25) is 5.75 Å². The van der Waals surface area contributed by atoms with E-state index in [0.29, 0.717) is 16.9 Å². The zero-order valence-corrected chi connectivity index (χ0v) is 14.2. The first-order valence-electron chi connectivity index (χ1n) is 8.20. The van der Waals surface area contributed by atoms with Crippen LogP contribution in [0.3, 0.4) is 0 Å². The molecule has 4 aromatic rings. The van der Waals surface area contributed by atoms with Gasteiger partial charge in [0.05, 0.1) is 10.6 Å². The topological polar surface area (TPSA) is 116 Å². The number of hydrogen-bond acceptors (Lipinski definition) is 6. The first-order chi connectivity index (χ1) is 13.5. The van der Waals surface area contributed by atoms with Crippen LogP contribution in [0.15, 0.2) is 80.7 Å². The van der Waals surface area contributed by atoms with E-state index in [9.17, 15) is 24.8 Å². The van der Waals surface area contributed by atoms with Crippen molar-refractivity contribution in [1.29, 1.82) is 0 Å². The SMILES string of the molecule is O=c1oc2cc(-c3ccccc3)n(-c3ccccc3)c(=O)c2c(O)c1[N+](=O)[O-]. The fourth-order valence-electron chi connectivity index (χ4n) is 3.07. The number of pyridine rings is 1. The lowest BCUT2D eigenvalue weighted by Gasteiger charge is -2.14. The van der Waals surface area contributed by atoms with Crippen molar-refractivity contribution in [1.82, 2.24) is 4.57 Å². The molecule has 0 spiro atoms. The van der Waals surface area contributed by atoms with E-state index >= 15 is 0 Å². The Kier molecular flexibility index (Phi) is 4.00. The summed E-state index contributed by atoms with van der Waals surface area (Å²) in [6, 6.07) is 18.9. The Morgan fingerprint density at radius 3 is 2.18 bits per heavy atom. The molecule has 8 nitrogen and oxygen atoms in total. The van der Waals surface area contributed by atoms with Gasteiger partial charge in [0, 0.05) is 11.8 Å². The third-order valence-electron chi connectivity index (χ3n) is 4.30. The number of fused-ring (bicyclic) bond motifs is 1. The summed E-state index contributed by atoms with van der Waals surface area (Å²) in [5.41, 5.74) is -1.92. The van der Waals surface area contributed by atoms with E-state index in [1.807, 2.05) is 6.07 Å². The van der Waals surface area contributed by atoms with E-state index in [1.54, 1.807) is 54.6 Å². The van der Waals surface area contributed by atoms with E-state index in [4.69, 9.17) is 4.42 Å². The minimum Gasteiger partial charge on any atom is -0.501 e. The van der Waals surface area contributed by atoms with Crippen molar-refractivity contribution in [2.45, 2.75) is 0 Å². The number of nitro groups is 1. The molecule has 0 amide bonds. The maximum absolute atomic E-state index is 13.2. The Labute approximate surface area is 156 Å². The number of rotatable bonds is 3. The highest BCUT2D eigenvalue weighted by molar-refractivity contribution is 5.88. The Morgan fingerprint density at radius 1 is 0.964 bits per heavy atom. The second-order valence-electron chi connectivity index (χ2n) is 5.95. The zero-order valence-electron chi connectivity index (χ0n) is 14.2. The minimum absolute atomic E-state index is 0.232. The Balaban J connectivity index is 2.21. The van der Waals surface area contributed by atoms with Gasteiger partial charge in [0.1, 0.15) is 11.0 Å². The van der Waals surface area contributed by atoms with Crippen LogP contribution in [0.1, 0.15) is 0 Å². The van der Waals surface area contributed by atoms with E-state index < -0.39 is 32.9 Å². The van der Waals surface area contributed by atoms with Crippen molar-refractivity contribution in [2.75, 3.05) is 0 Å². The summed E-state index contributed by atoms with van der Waals surface area (Å²) in [4.78, 5) is 35.2. The fraction of sp³-hybridized carbons (Fsp3) is 0. The van der Waals surface area contributed by atoms with Gasteiger partial charge in [-0.3, -0.25) is 19.5 Å². The summed E-state index contributed by atoms with van der Waals surface area (Å²) >= 11 is 0. The van der Waals surface area contributed by atoms with Gasteiger partial charge >= 0.3 is 11.3 Å². The lowest BCUT2D eigenvalue weighted by Crippen LogP contribution is -2.22. The van der Waals surface area contributed by atoms with Crippen LogP contribution in [-0.2, 0) is 0 Å². The molecule has 2 heterocycles. The van der Waals surface area contributed by atoms with Gasteiger partial charge in [-0.15, -0.1) is 0 Å². The third kappa shape index (κ3) is 2.64. The third-order valence-corrected chi connectivity index (χ3v) is 4.30. The lowest BCUT2D eigenvalue weighted by atomic mass is 10.1. The summed E-state index contributed by atoms with van der Waals surface area (Å²) in [5.74, 6) is -1.01. The van der Waals surface area contributed by atoms with Crippen LogP contribution in [-0.4, -0.2) is 14.6 Å². The summed E-state index contributed by atoms with van der Waals surface area (Å²) < 4.78 is 6.30. The van der Waals surface area contributed by atoms with Gasteiger partial charge in [0.15, 0.2) is 0 Å². The van der Waals surface area contributed by atoms with Crippen LogP contribution in [0.5, 0.6) is 5.75 Å². The van der Waals surface area contributed by atoms with Crippen molar-refractivity contribution in [3.05, 3.63) is 97.6 Å².